The Morgan fingerprint density at radius 2 is 1.78 bits per heavy atom. The molecule has 1 aliphatic heterocycles. The lowest BCUT2D eigenvalue weighted by Crippen LogP contribution is -2.29. The zero-order valence-corrected chi connectivity index (χ0v) is 23.0. The van der Waals surface area contributed by atoms with Crippen molar-refractivity contribution in [2.45, 2.75) is 31.3 Å². The fourth-order valence-electron chi connectivity index (χ4n) is 4.77. The van der Waals surface area contributed by atoms with E-state index in [9.17, 15) is 4.79 Å². The topological polar surface area (TPSA) is 45.2 Å². The summed E-state index contributed by atoms with van der Waals surface area (Å²) < 4.78 is 1.17. The molecule has 3 heterocycles. The van der Waals surface area contributed by atoms with Crippen LogP contribution in [0.25, 0.3) is 20.8 Å². The van der Waals surface area contributed by atoms with Gasteiger partial charge in [0.05, 0.1) is 10.2 Å². The molecule has 186 valence electrons. The SMILES string of the molecule is CCSc1ccc(C(=O)Nc2sc3c(c2-c2nc4ccccc4s2)CCN(Cc2ccccc2)C3)cc1. The molecule has 37 heavy (non-hydrogen) atoms. The van der Waals surface area contributed by atoms with Crippen molar-refractivity contribution in [3.63, 3.8) is 0 Å². The molecule has 3 aromatic carbocycles. The van der Waals surface area contributed by atoms with Gasteiger partial charge in [-0.15, -0.1) is 34.4 Å². The summed E-state index contributed by atoms with van der Waals surface area (Å²) in [7, 11) is 0. The fraction of sp³-hybridized carbons (Fsp3) is 0.200. The largest absolute Gasteiger partial charge is 0.313 e. The van der Waals surface area contributed by atoms with Gasteiger partial charge in [-0.05, 0) is 59.7 Å². The third kappa shape index (κ3) is 5.22. The van der Waals surface area contributed by atoms with Crippen molar-refractivity contribution in [1.82, 2.24) is 9.88 Å². The minimum atomic E-state index is -0.0739. The minimum Gasteiger partial charge on any atom is -0.313 e. The van der Waals surface area contributed by atoms with Crippen LogP contribution in [0.1, 0.15) is 33.3 Å². The van der Waals surface area contributed by atoms with Crippen molar-refractivity contribution in [3.8, 4) is 10.6 Å². The van der Waals surface area contributed by atoms with E-state index in [0.29, 0.717) is 5.56 Å². The molecule has 0 bridgehead atoms. The first-order valence-electron chi connectivity index (χ1n) is 12.5. The Kier molecular flexibility index (Phi) is 7.11. The third-order valence-electron chi connectivity index (χ3n) is 6.55. The van der Waals surface area contributed by atoms with Crippen LogP contribution in [-0.2, 0) is 19.5 Å². The Balaban J connectivity index is 1.33. The number of thioether (sulfide) groups is 1. The average molecular weight is 542 g/mol. The van der Waals surface area contributed by atoms with Gasteiger partial charge in [-0.2, -0.15) is 0 Å². The van der Waals surface area contributed by atoms with Crippen LogP contribution in [0.15, 0.2) is 83.8 Å². The van der Waals surface area contributed by atoms with Crippen molar-refractivity contribution >= 4 is 55.6 Å². The Bertz CT molecular complexity index is 1510. The first-order valence-corrected chi connectivity index (χ1v) is 15.1. The number of thiophene rings is 1. The highest BCUT2D eigenvalue weighted by molar-refractivity contribution is 7.99. The van der Waals surface area contributed by atoms with Crippen LogP contribution in [0.2, 0.25) is 0 Å². The summed E-state index contributed by atoms with van der Waals surface area (Å²) >= 11 is 5.19. The van der Waals surface area contributed by atoms with E-state index < -0.39 is 0 Å². The number of para-hydroxylation sites is 1. The maximum Gasteiger partial charge on any atom is 0.256 e. The highest BCUT2D eigenvalue weighted by Gasteiger charge is 2.28. The lowest BCUT2D eigenvalue weighted by atomic mass is 10.0. The standard InChI is InChI=1S/C30H27N3OS3/c1-2-35-22-14-12-21(13-15-22)28(34)32-30-27(29-31-24-10-6-7-11-25(24)36-29)23-16-17-33(19-26(23)37-30)18-20-8-4-3-5-9-20/h3-15H,2,16-19H2,1H3,(H,32,34). The Morgan fingerprint density at radius 3 is 2.57 bits per heavy atom. The summed E-state index contributed by atoms with van der Waals surface area (Å²) in [5.74, 6) is 0.939. The molecule has 0 saturated carbocycles. The van der Waals surface area contributed by atoms with Crippen molar-refractivity contribution < 1.29 is 4.79 Å². The number of nitrogens with zero attached hydrogens (tertiary/aromatic N) is 2. The van der Waals surface area contributed by atoms with Crippen molar-refractivity contribution in [2.24, 2.45) is 0 Å². The van der Waals surface area contributed by atoms with E-state index in [4.69, 9.17) is 4.98 Å². The van der Waals surface area contributed by atoms with Gasteiger partial charge in [0.25, 0.3) is 5.91 Å². The van der Waals surface area contributed by atoms with Gasteiger partial charge in [0.1, 0.15) is 10.0 Å². The molecule has 0 unspecified atom stereocenters. The molecule has 6 rings (SSSR count). The Morgan fingerprint density at radius 1 is 1.00 bits per heavy atom. The first kappa shape index (κ1) is 24.4. The predicted molar refractivity (Wildman–Crippen MR) is 158 cm³/mol. The van der Waals surface area contributed by atoms with Crippen molar-refractivity contribution in [3.05, 3.63) is 100 Å². The predicted octanol–water partition coefficient (Wildman–Crippen LogP) is 7.95. The summed E-state index contributed by atoms with van der Waals surface area (Å²) in [6.07, 6.45) is 0.947. The van der Waals surface area contributed by atoms with E-state index in [1.165, 1.54) is 25.6 Å². The van der Waals surface area contributed by atoms with Gasteiger partial charge in [0.15, 0.2) is 0 Å². The zero-order valence-electron chi connectivity index (χ0n) is 20.6. The number of rotatable bonds is 7. The molecule has 0 radical (unpaired) electrons. The molecule has 0 spiro atoms. The second-order valence-electron chi connectivity index (χ2n) is 9.05. The number of aromatic nitrogens is 1. The van der Waals surface area contributed by atoms with Gasteiger partial charge in [0, 0.05) is 40.5 Å². The number of amides is 1. The molecule has 1 N–H and O–H groups in total. The molecule has 4 nitrogen and oxygen atoms in total. The summed E-state index contributed by atoms with van der Waals surface area (Å²) in [6, 6.07) is 26.8. The normalized spacial score (nSPS) is 13.5. The third-order valence-corrected chi connectivity index (χ3v) is 9.63. The lowest BCUT2D eigenvalue weighted by molar-refractivity contribution is 0.102. The highest BCUT2D eigenvalue weighted by atomic mass is 32.2. The van der Waals surface area contributed by atoms with Crippen LogP contribution in [-0.4, -0.2) is 28.1 Å². The molecule has 0 saturated heterocycles. The molecular formula is C30H27N3OS3. The molecule has 1 aliphatic rings. The summed E-state index contributed by atoms with van der Waals surface area (Å²) in [5.41, 5.74) is 5.44. The van der Waals surface area contributed by atoms with Crippen LogP contribution < -0.4 is 5.32 Å². The maximum atomic E-state index is 13.3. The second-order valence-corrected chi connectivity index (χ2v) is 12.5. The molecule has 1 amide bonds. The Hall–Kier alpha value is -2.97. The fourth-order valence-corrected chi connectivity index (χ4v) is 7.83. The lowest BCUT2D eigenvalue weighted by Gasteiger charge is -2.27. The number of hydrogen-bond donors (Lipinski definition) is 1. The van der Waals surface area contributed by atoms with Gasteiger partial charge in [0.2, 0.25) is 0 Å². The number of carbonyl (C=O) groups excluding carboxylic acids is 1. The van der Waals surface area contributed by atoms with Crippen LogP contribution in [0.4, 0.5) is 5.00 Å². The average Bonchev–Trinajstić information content (AvgIpc) is 3.50. The molecule has 0 aliphatic carbocycles. The van der Waals surface area contributed by atoms with Gasteiger partial charge < -0.3 is 5.32 Å². The number of carbonyl (C=O) groups is 1. The number of thiazole rings is 1. The molecule has 0 fully saturated rings. The van der Waals surface area contributed by atoms with E-state index in [0.717, 1.165) is 52.9 Å². The summed E-state index contributed by atoms with van der Waals surface area (Å²) in [4.78, 5) is 23.3. The number of benzene rings is 3. The minimum absolute atomic E-state index is 0.0739. The number of hydrogen-bond acceptors (Lipinski definition) is 6. The van der Waals surface area contributed by atoms with Gasteiger partial charge >= 0.3 is 0 Å². The zero-order chi connectivity index (χ0) is 25.2. The van der Waals surface area contributed by atoms with Crippen molar-refractivity contribution in [1.29, 1.82) is 0 Å². The molecular weight excluding hydrogens is 515 g/mol. The van der Waals surface area contributed by atoms with E-state index in [-0.39, 0.29) is 5.91 Å². The summed E-state index contributed by atoms with van der Waals surface area (Å²) in [6.45, 7) is 4.93. The molecule has 5 aromatic rings. The van der Waals surface area contributed by atoms with Crippen LogP contribution in [0.5, 0.6) is 0 Å². The van der Waals surface area contributed by atoms with Gasteiger partial charge in [-0.25, -0.2) is 4.98 Å². The number of fused-ring (bicyclic) bond motifs is 2. The first-order chi connectivity index (χ1) is 18.2. The van der Waals surface area contributed by atoms with Gasteiger partial charge in [-0.1, -0.05) is 49.4 Å². The van der Waals surface area contributed by atoms with E-state index in [1.807, 2.05) is 30.3 Å². The number of anilines is 1. The second kappa shape index (κ2) is 10.8. The highest BCUT2D eigenvalue weighted by Crippen LogP contribution is 2.46. The van der Waals surface area contributed by atoms with E-state index >= 15 is 0 Å². The van der Waals surface area contributed by atoms with Crippen LogP contribution >= 0.6 is 34.4 Å². The molecule has 2 aromatic heterocycles. The number of nitrogens with one attached hydrogen (secondary N) is 1. The van der Waals surface area contributed by atoms with E-state index in [1.54, 1.807) is 34.4 Å². The monoisotopic (exact) mass is 541 g/mol. The van der Waals surface area contributed by atoms with Crippen molar-refractivity contribution in [2.75, 3.05) is 17.6 Å². The maximum absolute atomic E-state index is 13.3. The Labute approximate surface area is 229 Å². The smallest absolute Gasteiger partial charge is 0.256 e. The van der Waals surface area contributed by atoms with E-state index in [2.05, 4.69) is 65.7 Å². The molecule has 0 atom stereocenters. The molecule has 7 heteroatoms. The summed E-state index contributed by atoms with van der Waals surface area (Å²) in [5, 5.41) is 5.16. The van der Waals surface area contributed by atoms with Gasteiger partial charge in [-0.3, -0.25) is 9.69 Å². The quantitative estimate of drug-likeness (QED) is 0.212. The van der Waals surface area contributed by atoms with Crippen LogP contribution in [0, 0.1) is 0 Å². The van der Waals surface area contributed by atoms with Crippen LogP contribution in [0.3, 0.4) is 0 Å².